The van der Waals surface area contributed by atoms with Crippen LogP contribution in [0.2, 0.25) is 0 Å². The number of carbonyl (C=O) groups is 1. The monoisotopic (exact) mass is 416 g/mol. The standard InChI is InChI=1S/C16H18F2N4OS3/c1-10(13(23)22-8-2-3-9-22)24-16-21-20-15(26-16)19-11-4-6-12(7-5-11)25-14(17)18/h4-7,10,14H,2-3,8-9H2,1H3,(H,19,20). The molecule has 1 fully saturated rings. The normalized spacial score (nSPS) is 15.5. The quantitative estimate of drug-likeness (QED) is 0.661. The van der Waals surface area contributed by atoms with E-state index in [0.29, 0.717) is 21.8 Å². The lowest BCUT2D eigenvalue weighted by atomic mass is 10.3. The number of likely N-dealkylation sites (tertiary alicyclic amines) is 1. The molecule has 1 aromatic heterocycles. The highest BCUT2D eigenvalue weighted by Crippen LogP contribution is 2.32. The van der Waals surface area contributed by atoms with E-state index in [2.05, 4.69) is 15.5 Å². The van der Waals surface area contributed by atoms with Crippen molar-refractivity contribution in [3.05, 3.63) is 24.3 Å². The van der Waals surface area contributed by atoms with E-state index < -0.39 is 5.76 Å². The van der Waals surface area contributed by atoms with Crippen LogP contribution >= 0.6 is 34.9 Å². The number of alkyl halides is 2. The lowest BCUT2D eigenvalue weighted by Gasteiger charge is -2.18. The molecule has 5 nitrogen and oxygen atoms in total. The van der Waals surface area contributed by atoms with E-state index in [4.69, 9.17) is 0 Å². The van der Waals surface area contributed by atoms with Gasteiger partial charge in [0.05, 0.1) is 5.25 Å². The Hall–Kier alpha value is -1.39. The fraction of sp³-hybridized carbons (Fsp3) is 0.438. The van der Waals surface area contributed by atoms with E-state index in [1.807, 2.05) is 11.8 Å². The van der Waals surface area contributed by atoms with Crippen molar-refractivity contribution in [2.75, 3.05) is 18.4 Å². The molecule has 1 atom stereocenters. The second kappa shape index (κ2) is 9.01. The Kier molecular flexibility index (Phi) is 6.71. The van der Waals surface area contributed by atoms with Crippen molar-refractivity contribution in [2.24, 2.45) is 0 Å². The number of thioether (sulfide) groups is 2. The Balaban J connectivity index is 1.55. The summed E-state index contributed by atoms with van der Waals surface area (Å²) in [5, 5.41) is 11.7. The average molecular weight is 417 g/mol. The summed E-state index contributed by atoms with van der Waals surface area (Å²) in [5.74, 6) is -2.29. The van der Waals surface area contributed by atoms with Crippen molar-refractivity contribution < 1.29 is 13.6 Å². The molecule has 3 rings (SSSR count). The fourth-order valence-electron chi connectivity index (χ4n) is 2.55. The molecule has 1 saturated heterocycles. The van der Waals surface area contributed by atoms with Crippen molar-refractivity contribution in [1.82, 2.24) is 15.1 Å². The first-order chi connectivity index (χ1) is 12.5. The van der Waals surface area contributed by atoms with Crippen molar-refractivity contribution in [1.29, 1.82) is 0 Å². The number of hydrogen-bond acceptors (Lipinski definition) is 7. The van der Waals surface area contributed by atoms with Gasteiger partial charge in [-0.05, 0) is 44.0 Å². The fourth-order valence-corrected chi connectivity index (χ4v) is 5.05. The molecule has 0 radical (unpaired) electrons. The first kappa shape index (κ1) is 19.4. The van der Waals surface area contributed by atoms with Gasteiger partial charge in [-0.15, -0.1) is 10.2 Å². The summed E-state index contributed by atoms with van der Waals surface area (Å²) in [5.41, 5.74) is 0.748. The van der Waals surface area contributed by atoms with Crippen LogP contribution in [0, 0.1) is 0 Å². The van der Waals surface area contributed by atoms with Gasteiger partial charge >= 0.3 is 0 Å². The smallest absolute Gasteiger partial charge is 0.288 e. The van der Waals surface area contributed by atoms with Crippen molar-refractivity contribution in [2.45, 2.75) is 40.0 Å². The van der Waals surface area contributed by atoms with Gasteiger partial charge in [0, 0.05) is 23.7 Å². The van der Waals surface area contributed by atoms with Gasteiger partial charge in [-0.2, -0.15) is 8.78 Å². The number of nitrogens with one attached hydrogen (secondary N) is 1. The zero-order valence-electron chi connectivity index (χ0n) is 14.0. The predicted molar refractivity (Wildman–Crippen MR) is 103 cm³/mol. The highest BCUT2D eigenvalue weighted by Gasteiger charge is 2.25. The van der Waals surface area contributed by atoms with E-state index >= 15 is 0 Å². The minimum absolute atomic E-state index is 0.143. The third-order valence-corrected chi connectivity index (χ3v) is 6.51. The summed E-state index contributed by atoms with van der Waals surface area (Å²) in [6.45, 7) is 3.57. The maximum atomic E-state index is 12.3. The number of hydrogen-bond donors (Lipinski definition) is 1. The topological polar surface area (TPSA) is 58.1 Å². The van der Waals surface area contributed by atoms with E-state index in [9.17, 15) is 13.6 Å². The van der Waals surface area contributed by atoms with Crippen LogP contribution in [0.5, 0.6) is 0 Å². The summed E-state index contributed by atoms with van der Waals surface area (Å²) in [6.07, 6.45) is 2.15. The molecule has 0 spiro atoms. The Morgan fingerprint density at radius 3 is 2.54 bits per heavy atom. The number of benzene rings is 1. The average Bonchev–Trinajstić information content (AvgIpc) is 3.27. The van der Waals surface area contributed by atoms with Crippen molar-refractivity contribution >= 4 is 51.6 Å². The van der Waals surface area contributed by atoms with Gasteiger partial charge < -0.3 is 10.2 Å². The van der Waals surface area contributed by atoms with E-state index in [1.165, 1.54) is 23.1 Å². The molecule has 0 bridgehead atoms. The summed E-state index contributed by atoms with van der Waals surface area (Å²) in [6, 6.07) is 6.70. The molecule has 1 N–H and O–H groups in total. The third kappa shape index (κ3) is 5.31. The predicted octanol–water partition coefficient (Wildman–Crippen LogP) is 4.70. The lowest BCUT2D eigenvalue weighted by molar-refractivity contribution is -0.129. The first-order valence-corrected chi connectivity index (χ1v) is 10.7. The van der Waals surface area contributed by atoms with E-state index in [1.54, 1.807) is 24.3 Å². The number of amides is 1. The SMILES string of the molecule is CC(Sc1nnc(Nc2ccc(SC(F)F)cc2)s1)C(=O)N1CCCC1. The second-order valence-electron chi connectivity index (χ2n) is 5.69. The van der Waals surface area contributed by atoms with Gasteiger partial charge in [0.2, 0.25) is 11.0 Å². The highest BCUT2D eigenvalue weighted by molar-refractivity contribution is 8.02. The van der Waals surface area contributed by atoms with E-state index in [-0.39, 0.29) is 11.2 Å². The van der Waals surface area contributed by atoms with Crippen LogP contribution in [0.15, 0.2) is 33.5 Å². The van der Waals surface area contributed by atoms with Gasteiger partial charge in [0.15, 0.2) is 4.34 Å². The van der Waals surface area contributed by atoms with Crippen LogP contribution in [0.4, 0.5) is 19.6 Å². The van der Waals surface area contributed by atoms with Crippen LogP contribution in [0.1, 0.15) is 19.8 Å². The Labute approximate surface area is 162 Å². The van der Waals surface area contributed by atoms with Gasteiger partial charge in [0.1, 0.15) is 0 Å². The van der Waals surface area contributed by atoms with Crippen LogP contribution in [-0.2, 0) is 4.79 Å². The summed E-state index contributed by atoms with van der Waals surface area (Å²) in [7, 11) is 0. The molecule has 1 amide bonds. The number of nitrogens with zero attached hydrogens (tertiary/aromatic N) is 3. The molecular formula is C16H18F2N4OS3. The summed E-state index contributed by atoms with van der Waals surface area (Å²) >= 11 is 3.28. The number of aromatic nitrogens is 2. The van der Waals surface area contributed by atoms with Gasteiger partial charge in [-0.1, -0.05) is 34.9 Å². The molecule has 140 valence electrons. The lowest BCUT2D eigenvalue weighted by Crippen LogP contribution is -2.33. The van der Waals surface area contributed by atoms with Gasteiger partial charge in [-0.3, -0.25) is 4.79 Å². The highest BCUT2D eigenvalue weighted by atomic mass is 32.2. The zero-order valence-corrected chi connectivity index (χ0v) is 16.5. The molecule has 1 aliphatic rings. The first-order valence-electron chi connectivity index (χ1n) is 8.12. The van der Waals surface area contributed by atoms with Gasteiger partial charge in [-0.25, -0.2) is 0 Å². The molecular weight excluding hydrogens is 398 g/mol. The summed E-state index contributed by atoms with van der Waals surface area (Å²) < 4.78 is 25.4. The number of halogens is 2. The third-order valence-electron chi connectivity index (χ3n) is 3.78. The zero-order chi connectivity index (χ0) is 18.5. The van der Waals surface area contributed by atoms with Crippen LogP contribution in [0.3, 0.4) is 0 Å². The molecule has 1 aromatic carbocycles. The maximum absolute atomic E-state index is 12.3. The number of rotatable bonds is 7. The minimum Gasteiger partial charge on any atom is -0.342 e. The minimum atomic E-state index is -2.43. The molecule has 2 aromatic rings. The molecule has 1 aliphatic heterocycles. The largest absolute Gasteiger partial charge is 0.342 e. The maximum Gasteiger partial charge on any atom is 0.288 e. The van der Waals surface area contributed by atoms with Crippen molar-refractivity contribution in [3.63, 3.8) is 0 Å². The molecule has 2 heterocycles. The van der Waals surface area contributed by atoms with Crippen LogP contribution < -0.4 is 5.32 Å². The molecule has 10 heteroatoms. The van der Waals surface area contributed by atoms with Crippen LogP contribution in [-0.4, -0.2) is 45.1 Å². The van der Waals surface area contributed by atoms with E-state index in [0.717, 1.165) is 36.0 Å². The summed E-state index contributed by atoms with van der Waals surface area (Å²) in [4.78, 5) is 14.8. The Morgan fingerprint density at radius 1 is 1.19 bits per heavy atom. The Bertz CT molecular complexity index is 735. The molecule has 26 heavy (non-hydrogen) atoms. The van der Waals surface area contributed by atoms with Gasteiger partial charge in [0.25, 0.3) is 5.76 Å². The Morgan fingerprint density at radius 2 is 1.88 bits per heavy atom. The second-order valence-corrected chi connectivity index (χ2v) is 9.32. The molecule has 0 saturated carbocycles. The van der Waals surface area contributed by atoms with Crippen LogP contribution in [0.25, 0.3) is 0 Å². The van der Waals surface area contributed by atoms with Crippen molar-refractivity contribution in [3.8, 4) is 0 Å². The molecule has 0 aliphatic carbocycles. The molecule has 1 unspecified atom stereocenters. The number of carbonyl (C=O) groups excluding carboxylic acids is 1. The number of anilines is 2.